The van der Waals surface area contributed by atoms with Crippen molar-refractivity contribution in [1.29, 1.82) is 0 Å². The second-order valence-electron chi connectivity index (χ2n) is 10.0. The minimum atomic E-state index is -1.70. The summed E-state index contributed by atoms with van der Waals surface area (Å²) in [6.07, 6.45) is 9.91. The molecule has 0 aromatic heterocycles. The second-order valence-corrected chi connectivity index (χ2v) is 13.7. The maximum Gasteiger partial charge on any atom is 0.161 e. The molecule has 4 rings (SSSR count). The van der Waals surface area contributed by atoms with Crippen molar-refractivity contribution in [3.8, 4) is 11.5 Å². The van der Waals surface area contributed by atoms with Gasteiger partial charge in [-0.2, -0.15) is 0 Å². The molecule has 2 nitrogen and oxygen atoms in total. The molecular weight excluding hydrogens is 483 g/mol. The normalized spacial score (nSPS) is 11.3. The lowest BCUT2D eigenvalue weighted by molar-refractivity contribution is 0.354. The topological polar surface area (TPSA) is 18.5 Å². The monoisotopic (exact) mass is 525 g/mol. The van der Waals surface area contributed by atoms with Gasteiger partial charge in [0, 0.05) is 0 Å². The minimum absolute atomic E-state index is 0.814. The molecule has 0 aliphatic heterocycles. The summed E-state index contributed by atoms with van der Waals surface area (Å²) in [6.45, 7) is 2.17. The van der Waals surface area contributed by atoms with E-state index in [1.807, 2.05) is 0 Å². The largest absolute Gasteiger partial charge is 0.493 e. The third-order valence-corrected chi connectivity index (χ3v) is 12.1. The fourth-order valence-electron chi connectivity index (χ4n) is 5.55. The summed E-state index contributed by atoms with van der Waals surface area (Å²) in [5.41, 5.74) is 2.65. The lowest BCUT2D eigenvalue weighted by atomic mass is 10.0. The van der Waals surface area contributed by atoms with Crippen LogP contribution >= 0.6 is 7.26 Å². The van der Waals surface area contributed by atoms with Crippen LogP contribution in [0.25, 0.3) is 0 Å². The van der Waals surface area contributed by atoms with E-state index in [1.54, 1.807) is 14.2 Å². The molecule has 4 aromatic carbocycles. The number of methoxy groups -OCH3 is 2. The van der Waals surface area contributed by atoms with Crippen molar-refractivity contribution in [2.45, 2.75) is 51.9 Å². The van der Waals surface area contributed by atoms with Crippen LogP contribution in [-0.2, 0) is 6.42 Å². The Morgan fingerprint density at radius 3 is 1.42 bits per heavy atom. The SMILES string of the molecule is COc1cc(C)c(CCCCCCCC[P+](c2ccccc2)(c2ccccc2)c2ccccc2)cc1OC. The molecule has 0 radical (unpaired) electrons. The van der Waals surface area contributed by atoms with Crippen molar-refractivity contribution in [1.82, 2.24) is 0 Å². The van der Waals surface area contributed by atoms with Gasteiger partial charge in [0.1, 0.15) is 23.2 Å². The fourth-order valence-corrected chi connectivity index (χ4v) is 9.96. The molecule has 0 aliphatic rings. The first-order valence-electron chi connectivity index (χ1n) is 14.0. The van der Waals surface area contributed by atoms with Crippen molar-refractivity contribution in [2.75, 3.05) is 20.4 Å². The summed E-state index contributed by atoms with van der Waals surface area (Å²) in [4.78, 5) is 0. The van der Waals surface area contributed by atoms with Crippen molar-refractivity contribution in [3.63, 3.8) is 0 Å². The summed E-state index contributed by atoms with van der Waals surface area (Å²) in [7, 11) is 1.71. The van der Waals surface area contributed by atoms with Crippen LogP contribution in [0.15, 0.2) is 103 Å². The maximum absolute atomic E-state index is 5.50. The summed E-state index contributed by atoms with van der Waals surface area (Å²) in [5.74, 6) is 1.64. The van der Waals surface area contributed by atoms with Crippen molar-refractivity contribution in [3.05, 3.63) is 114 Å². The molecule has 0 saturated heterocycles. The number of aryl methyl sites for hydroxylation is 2. The van der Waals surface area contributed by atoms with Gasteiger partial charge in [-0.25, -0.2) is 0 Å². The van der Waals surface area contributed by atoms with Gasteiger partial charge in [0.2, 0.25) is 0 Å². The molecule has 0 unspecified atom stereocenters. The quantitative estimate of drug-likeness (QED) is 0.123. The Hall–Kier alpha value is -3.09. The first-order valence-corrected chi connectivity index (χ1v) is 15.9. The molecule has 0 N–H and O–H groups in total. The standard InChI is InChI=1S/C35H42O2P/c1-29-27-34(36-2)35(37-3)28-30(29)19-11-6-4-5-7-18-26-38(31-20-12-8-13-21-31,32-22-14-9-15-23-32)33-24-16-10-17-25-33/h8-10,12-17,20-25,27-28H,4-7,11,18-19,26H2,1-3H3/q+1. The predicted octanol–water partition coefficient (Wildman–Crippen LogP) is 7.89. The Bertz CT molecular complexity index is 1140. The van der Waals surface area contributed by atoms with E-state index in [0.29, 0.717) is 0 Å². The Morgan fingerprint density at radius 1 is 0.526 bits per heavy atom. The molecule has 0 atom stereocenters. The van der Waals surface area contributed by atoms with Gasteiger partial charge in [0.05, 0.1) is 20.4 Å². The molecule has 0 bridgehead atoms. The number of unbranched alkanes of at least 4 members (excludes halogenated alkanes) is 5. The summed E-state index contributed by atoms with van der Waals surface area (Å²) < 4.78 is 10.9. The van der Waals surface area contributed by atoms with Crippen LogP contribution in [0.1, 0.15) is 49.7 Å². The average molecular weight is 526 g/mol. The molecule has 0 fully saturated rings. The smallest absolute Gasteiger partial charge is 0.161 e. The first-order chi connectivity index (χ1) is 18.7. The van der Waals surface area contributed by atoms with Gasteiger partial charge in [-0.05, 0) is 92.3 Å². The molecule has 198 valence electrons. The van der Waals surface area contributed by atoms with Gasteiger partial charge >= 0.3 is 0 Å². The molecule has 0 spiro atoms. The Balaban J connectivity index is 1.36. The number of benzene rings is 4. The van der Waals surface area contributed by atoms with E-state index in [9.17, 15) is 0 Å². The summed E-state index contributed by atoms with van der Waals surface area (Å²) in [5, 5.41) is 4.47. The highest BCUT2D eigenvalue weighted by Crippen LogP contribution is 2.56. The Kier molecular flexibility index (Phi) is 10.4. The highest BCUT2D eigenvalue weighted by molar-refractivity contribution is 7.95. The molecule has 0 amide bonds. The number of hydrogen-bond acceptors (Lipinski definition) is 2. The van der Waals surface area contributed by atoms with E-state index in [0.717, 1.165) is 17.9 Å². The summed E-state index contributed by atoms with van der Waals surface area (Å²) in [6, 6.07) is 38.0. The van der Waals surface area contributed by atoms with Crippen molar-refractivity contribution < 1.29 is 9.47 Å². The van der Waals surface area contributed by atoms with Crippen LogP contribution in [-0.4, -0.2) is 20.4 Å². The number of rotatable bonds is 14. The highest BCUT2D eigenvalue weighted by Gasteiger charge is 2.44. The van der Waals surface area contributed by atoms with E-state index in [4.69, 9.17) is 9.47 Å². The van der Waals surface area contributed by atoms with Gasteiger partial charge in [0.25, 0.3) is 0 Å². The molecule has 0 saturated carbocycles. The molecular formula is C35H42O2P+. The van der Waals surface area contributed by atoms with Gasteiger partial charge in [-0.15, -0.1) is 0 Å². The molecule has 0 heterocycles. The third-order valence-electron chi connectivity index (χ3n) is 7.62. The zero-order valence-electron chi connectivity index (χ0n) is 23.2. The predicted molar refractivity (Wildman–Crippen MR) is 166 cm³/mol. The minimum Gasteiger partial charge on any atom is -0.493 e. The van der Waals surface area contributed by atoms with E-state index < -0.39 is 7.26 Å². The Labute approximate surface area is 230 Å². The van der Waals surface area contributed by atoms with Crippen LogP contribution in [0.4, 0.5) is 0 Å². The molecule has 38 heavy (non-hydrogen) atoms. The summed E-state index contributed by atoms with van der Waals surface area (Å²) >= 11 is 0. The lowest BCUT2D eigenvalue weighted by Gasteiger charge is -2.27. The molecule has 0 aliphatic carbocycles. The van der Waals surface area contributed by atoms with Gasteiger partial charge in [-0.3, -0.25) is 0 Å². The van der Waals surface area contributed by atoms with Crippen LogP contribution in [0.2, 0.25) is 0 Å². The van der Waals surface area contributed by atoms with Crippen LogP contribution in [0.5, 0.6) is 11.5 Å². The first kappa shape index (κ1) is 27.9. The third kappa shape index (κ3) is 6.66. The van der Waals surface area contributed by atoms with E-state index in [1.165, 1.54) is 71.7 Å². The number of hydrogen-bond donors (Lipinski definition) is 0. The molecule has 4 aromatic rings. The molecule has 3 heteroatoms. The maximum atomic E-state index is 5.50. The van der Waals surface area contributed by atoms with E-state index in [-0.39, 0.29) is 0 Å². The van der Waals surface area contributed by atoms with Gasteiger partial charge in [0.15, 0.2) is 11.5 Å². The highest BCUT2D eigenvalue weighted by atomic mass is 31.2. The van der Waals surface area contributed by atoms with Gasteiger partial charge in [-0.1, -0.05) is 73.9 Å². The van der Waals surface area contributed by atoms with Crippen molar-refractivity contribution in [2.24, 2.45) is 0 Å². The second kappa shape index (κ2) is 14.2. The number of ether oxygens (including phenoxy) is 2. The average Bonchev–Trinajstić information content (AvgIpc) is 2.98. The van der Waals surface area contributed by atoms with Crippen LogP contribution in [0.3, 0.4) is 0 Å². The van der Waals surface area contributed by atoms with E-state index in [2.05, 4.69) is 110 Å². The van der Waals surface area contributed by atoms with Crippen LogP contribution < -0.4 is 25.4 Å². The zero-order valence-corrected chi connectivity index (χ0v) is 24.1. The van der Waals surface area contributed by atoms with Crippen LogP contribution in [0, 0.1) is 6.92 Å². The lowest BCUT2D eigenvalue weighted by Crippen LogP contribution is -2.33. The Morgan fingerprint density at radius 2 is 0.947 bits per heavy atom. The van der Waals surface area contributed by atoms with E-state index >= 15 is 0 Å². The fraction of sp³-hybridized carbons (Fsp3) is 0.314. The zero-order chi connectivity index (χ0) is 26.6. The van der Waals surface area contributed by atoms with Crippen molar-refractivity contribution >= 4 is 23.2 Å². The van der Waals surface area contributed by atoms with Gasteiger partial charge < -0.3 is 9.47 Å².